The van der Waals surface area contributed by atoms with Crippen molar-refractivity contribution in [2.75, 3.05) is 24.3 Å². The van der Waals surface area contributed by atoms with E-state index in [1.54, 1.807) is 48.5 Å². The van der Waals surface area contributed by atoms with Crippen LogP contribution in [-0.4, -0.2) is 25.5 Å². The summed E-state index contributed by atoms with van der Waals surface area (Å²) in [5.41, 5.74) is 2.15. The highest BCUT2D eigenvalue weighted by Crippen LogP contribution is 2.16. The second-order valence-electron chi connectivity index (χ2n) is 4.95. The molecular formula is C18H17N3O3. The summed E-state index contributed by atoms with van der Waals surface area (Å²) in [6, 6.07) is 15.7. The maximum Gasteiger partial charge on any atom is 0.339 e. The quantitative estimate of drug-likeness (QED) is 0.798. The predicted octanol–water partition coefficient (Wildman–Crippen LogP) is 2.79. The SMILES string of the molecule is COC(=O)c1ccccc1NC(=O)CCNc1ccc(C#N)cc1. The molecule has 0 bridgehead atoms. The van der Waals surface area contributed by atoms with Crippen LogP contribution in [0.25, 0.3) is 0 Å². The number of hydrogen-bond donors (Lipinski definition) is 2. The van der Waals surface area contributed by atoms with Gasteiger partial charge in [0.15, 0.2) is 0 Å². The van der Waals surface area contributed by atoms with Crippen LogP contribution in [0.1, 0.15) is 22.3 Å². The number of nitrogens with one attached hydrogen (secondary N) is 2. The number of ether oxygens (including phenoxy) is 1. The fraction of sp³-hybridized carbons (Fsp3) is 0.167. The molecule has 2 N–H and O–H groups in total. The minimum absolute atomic E-state index is 0.215. The molecule has 0 saturated carbocycles. The first-order valence-electron chi connectivity index (χ1n) is 7.35. The molecule has 2 aromatic carbocycles. The van der Waals surface area contributed by atoms with E-state index in [4.69, 9.17) is 10.00 Å². The van der Waals surface area contributed by atoms with Crippen LogP contribution < -0.4 is 10.6 Å². The second kappa shape index (κ2) is 8.34. The van der Waals surface area contributed by atoms with Gasteiger partial charge in [-0.25, -0.2) is 4.79 Å². The maximum absolute atomic E-state index is 12.0. The molecule has 0 aliphatic carbocycles. The number of nitrogens with zero attached hydrogens (tertiary/aromatic N) is 1. The molecule has 24 heavy (non-hydrogen) atoms. The lowest BCUT2D eigenvalue weighted by Crippen LogP contribution is -2.18. The summed E-state index contributed by atoms with van der Waals surface area (Å²) in [5.74, 6) is -0.714. The van der Waals surface area contributed by atoms with Crippen molar-refractivity contribution in [2.24, 2.45) is 0 Å². The predicted molar refractivity (Wildman–Crippen MR) is 90.7 cm³/mol. The first-order chi connectivity index (χ1) is 11.6. The molecule has 122 valence electrons. The summed E-state index contributed by atoms with van der Waals surface area (Å²) >= 11 is 0. The average molecular weight is 323 g/mol. The van der Waals surface area contributed by atoms with Crippen LogP contribution in [0.5, 0.6) is 0 Å². The number of hydrogen-bond acceptors (Lipinski definition) is 5. The fourth-order valence-corrected chi connectivity index (χ4v) is 2.08. The van der Waals surface area contributed by atoms with Crippen LogP contribution in [0.15, 0.2) is 48.5 Å². The van der Waals surface area contributed by atoms with E-state index >= 15 is 0 Å². The smallest absolute Gasteiger partial charge is 0.339 e. The Hall–Kier alpha value is -3.33. The van der Waals surface area contributed by atoms with Crippen LogP contribution in [0, 0.1) is 11.3 Å². The molecule has 1 amide bonds. The first-order valence-corrected chi connectivity index (χ1v) is 7.35. The van der Waals surface area contributed by atoms with E-state index in [1.807, 2.05) is 6.07 Å². The number of anilines is 2. The van der Waals surface area contributed by atoms with Crippen LogP contribution in [-0.2, 0) is 9.53 Å². The van der Waals surface area contributed by atoms with Crippen molar-refractivity contribution in [3.05, 3.63) is 59.7 Å². The normalized spacial score (nSPS) is 9.67. The Morgan fingerprint density at radius 1 is 1.12 bits per heavy atom. The number of rotatable bonds is 6. The standard InChI is InChI=1S/C18H17N3O3/c1-24-18(23)15-4-2-3-5-16(15)21-17(22)10-11-20-14-8-6-13(12-19)7-9-14/h2-9,20H,10-11H2,1H3,(H,21,22). The van der Waals surface area contributed by atoms with Crippen molar-refractivity contribution >= 4 is 23.3 Å². The van der Waals surface area contributed by atoms with Crippen molar-refractivity contribution in [2.45, 2.75) is 6.42 Å². The van der Waals surface area contributed by atoms with E-state index in [1.165, 1.54) is 7.11 Å². The summed E-state index contributed by atoms with van der Waals surface area (Å²) < 4.78 is 4.69. The van der Waals surface area contributed by atoms with Gasteiger partial charge in [-0.15, -0.1) is 0 Å². The average Bonchev–Trinajstić information content (AvgIpc) is 2.62. The van der Waals surface area contributed by atoms with Crippen molar-refractivity contribution in [3.8, 4) is 6.07 Å². The molecule has 6 nitrogen and oxygen atoms in total. The van der Waals surface area contributed by atoms with Gasteiger partial charge in [0.1, 0.15) is 0 Å². The van der Waals surface area contributed by atoms with Gasteiger partial charge in [-0.2, -0.15) is 5.26 Å². The van der Waals surface area contributed by atoms with Crippen LogP contribution >= 0.6 is 0 Å². The molecule has 0 aliphatic heterocycles. The molecule has 0 aromatic heterocycles. The molecule has 0 spiro atoms. The van der Waals surface area contributed by atoms with E-state index in [2.05, 4.69) is 10.6 Å². The van der Waals surface area contributed by atoms with Gasteiger partial charge in [0.25, 0.3) is 0 Å². The largest absolute Gasteiger partial charge is 0.465 e. The Kier molecular flexibility index (Phi) is 5.92. The van der Waals surface area contributed by atoms with Gasteiger partial charge >= 0.3 is 5.97 Å². The van der Waals surface area contributed by atoms with Gasteiger partial charge in [0, 0.05) is 18.7 Å². The van der Waals surface area contributed by atoms with Crippen molar-refractivity contribution < 1.29 is 14.3 Å². The molecule has 2 rings (SSSR count). The number of para-hydroxylation sites is 1. The number of carbonyl (C=O) groups is 2. The molecule has 0 radical (unpaired) electrons. The van der Waals surface area contributed by atoms with E-state index in [0.29, 0.717) is 23.4 Å². The monoisotopic (exact) mass is 323 g/mol. The minimum atomic E-state index is -0.499. The zero-order chi connectivity index (χ0) is 17.4. The van der Waals surface area contributed by atoms with Crippen LogP contribution in [0.2, 0.25) is 0 Å². The summed E-state index contributed by atoms with van der Waals surface area (Å²) in [6.07, 6.45) is 0.232. The van der Waals surface area contributed by atoms with E-state index in [-0.39, 0.29) is 12.3 Å². The number of methoxy groups -OCH3 is 1. The Morgan fingerprint density at radius 3 is 2.50 bits per heavy atom. The molecule has 2 aromatic rings. The van der Waals surface area contributed by atoms with Gasteiger partial charge in [0.05, 0.1) is 30.0 Å². The summed E-state index contributed by atoms with van der Waals surface area (Å²) in [7, 11) is 1.29. The third-order valence-electron chi connectivity index (χ3n) is 3.30. The van der Waals surface area contributed by atoms with Crippen LogP contribution in [0.3, 0.4) is 0 Å². The summed E-state index contributed by atoms with van der Waals surface area (Å²) in [6.45, 7) is 0.429. The summed E-state index contributed by atoms with van der Waals surface area (Å²) in [5, 5.41) is 14.5. The Morgan fingerprint density at radius 2 is 1.83 bits per heavy atom. The number of esters is 1. The molecule has 0 atom stereocenters. The molecule has 0 saturated heterocycles. The Bertz CT molecular complexity index is 764. The number of nitriles is 1. The van der Waals surface area contributed by atoms with Gasteiger partial charge in [-0.05, 0) is 36.4 Å². The molecule has 0 heterocycles. The fourth-order valence-electron chi connectivity index (χ4n) is 2.08. The first kappa shape index (κ1) is 17.0. The van der Waals surface area contributed by atoms with E-state index < -0.39 is 5.97 Å². The van der Waals surface area contributed by atoms with Gasteiger partial charge in [0.2, 0.25) is 5.91 Å². The lowest BCUT2D eigenvalue weighted by molar-refractivity contribution is -0.115. The molecule has 0 aliphatic rings. The zero-order valence-electron chi connectivity index (χ0n) is 13.2. The van der Waals surface area contributed by atoms with Crippen LogP contribution in [0.4, 0.5) is 11.4 Å². The third kappa shape index (κ3) is 4.58. The van der Waals surface area contributed by atoms with Gasteiger partial charge in [-0.3, -0.25) is 4.79 Å². The second-order valence-corrected chi connectivity index (χ2v) is 4.95. The third-order valence-corrected chi connectivity index (χ3v) is 3.30. The van der Waals surface area contributed by atoms with E-state index in [0.717, 1.165) is 5.69 Å². The van der Waals surface area contributed by atoms with Gasteiger partial charge in [-0.1, -0.05) is 12.1 Å². The topological polar surface area (TPSA) is 91.2 Å². The molecule has 0 unspecified atom stereocenters. The van der Waals surface area contributed by atoms with E-state index in [9.17, 15) is 9.59 Å². The molecule has 6 heteroatoms. The highest BCUT2D eigenvalue weighted by Gasteiger charge is 2.12. The van der Waals surface area contributed by atoms with Crippen molar-refractivity contribution in [1.29, 1.82) is 5.26 Å². The highest BCUT2D eigenvalue weighted by atomic mass is 16.5. The number of amides is 1. The zero-order valence-corrected chi connectivity index (χ0v) is 13.2. The van der Waals surface area contributed by atoms with Crippen molar-refractivity contribution in [1.82, 2.24) is 0 Å². The lowest BCUT2D eigenvalue weighted by Gasteiger charge is -2.10. The summed E-state index contributed by atoms with van der Waals surface area (Å²) in [4.78, 5) is 23.7. The Balaban J connectivity index is 1.87. The van der Waals surface area contributed by atoms with Crippen molar-refractivity contribution in [3.63, 3.8) is 0 Å². The number of benzene rings is 2. The number of carbonyl (C=O) groups excluding carboxylic acids is 2. The maximum atomic E-state index is 12.0. The lowest BCUT2D eigenvalue weighted by atomic mass is 10.1. The van der Waals surface area contributed by atoms with Gasteiger partial charge < -0.3 is 15.4 Å². The minimum Gasteiger partial charge on any atom is -0.465 e. The molecular weight excluding hydrogens is 306 g/mol. The molecule has 0 fully saturated rings. The Labute approximate surface area is 140 Å². The highest BCUT2D eigenvalue weighted by molar-refractivity contribution is 6.01.